The number of nitrogens with zero attached hydrogens (tertiary/aromatic N) is 3. The van der Waals surface area contributed by atoms with Crippen LogP contribution in [0.5, 0.6) is 17.4 Å². The molecule has 0 aliphatic carbocycles. The first-order chi connectivity index (χ1) is 14.7. The van der Waals surface area contributed by atoms with Crippen LogP contribution in [0.1, 0.15) is 46.0 Å². The Hall–Kier alpha value is -3.15. The third-order valence-electron chi connectivity index (χ3n) is 5.13. The number of hydrogen-bond acceptors (Lipinski definition) is 6. The maximum atomic E-state index is 10.5. The van der Waals surface area contributed by atoms with E-state index < -0.39 is 0 Å². The summed E-state index contributed by atoms with van der Waals surface area (Å²) in [6.07, 6.45) is 5.46. The minimum absolute atomic E-state index is 0.0889. The van der Waals surface area contributed by atoms with Crippen molar-refractivity contribution in [3.63, 3.8) is 0 Å². The number of unbranched alkanes of at least 4 members (excludes halogenated alkanes) is 2. The Kier molecular flexibility index (Phi) is 7.60. The molecule has 0 amide bonds. The van der Waals surface area contributed by atoms with Gasteiger partial charge in [0.05, 0.1) is 18.8 Å². The van der Waals surface area contributed by atoms with Crippen LogP contribution >= 0.6 is 0 Å². The molecule has 1 heterocycles. The number of methoxy groups -OCH3 is 1. The zero-order valence-electron chi connectivity index (χ0n) is 17.8. The lowest BCUT2D eigenvalue weighted by Crippen LogP contribution is -2.16. The summed E-state index contributed by atoms with van der Waals surface area (Å²) in [5.41, 5.74) is 2.60. The Balaban J connectivity index is 2.06. The van der Waals surface area contributed by atoms with E-state index in [0.717, 1.165) is 30.4 Å². The van der Waals surface area contributed by atoms with E-state index in [9.17, 15) is 5.11 Å². The van der Waals surface area contributed by atoms with Crippen molar-refractivity contribution in [3.05, 3.63) is 48.5 Å². The lowest BCUT2D eigenvalue weighted by molar-refractivity contribution is 0.183. The number of hydrogen-bond donors (Lipinski definition) is 1. The van der Waals surface area contributed by atoms with E-state index in [0.29, 0.717) is 22.8 Å². The summed E-state index contributed by atoms with van der Waals surface area (Å²) in [5.74, 6) is 1.20. The smallest absolute Gasteiger partial charge is 0.243 e. The molecule has 2 aromatic carbocycles. The van der Waals surface area contributed by atoms with Gasteiger partial charge in [0.1, 0.15) is 17.2 Å². The molecule has 0 radical (unpaired) electrons. The average molecular weight is 408 g/mol. The third-order valence-corrected chi connectivity index (χ3v) is 5.13. The molecule has 0 saturated carbocycles. The van der Waals surface area contributed by atoms with Crippen LogP contribution in [-0.4, -0.2) is 33.7 Å². The Morgan fingerprint density at radius 1 is 1.00 bits per heavy atom. The molecule has 30 heavy (non-hydrogen) atoms. The molecule has 6 heteroatoms. The Labute approximate surface area is 177 Å². The molecule has 1 N–H and O–H groups in total. The predicted molar refractivity (Wildman–Crippen MR) is 118 cm³/mol. The second-order valence-corrected chi connectivity index (χ2v) is 7.21. The molecule has 3 aromatic rings. The highest BCUT2D eigenvalue weighted by Gasteiger charge is 2.21. The predicted octanol–water partition coefficient (Wildman–Crippen LogP) is 5.66. The van der Waals surface area contributed by atoms with Gasteiger partial charge in [-0.2, -0.15) is 0 Å². The SMILES string of the molecule is CCCCCC(CC)Oc1cc(OC)ccc1-c1nnnc(O)c1-c1ccccc1. The molecule has 0 fully saturated rings. The molecule has 3 rings (SSSR count). The molecule has 0 aliphatic rings. The van der Waals surface area contributed by atoms with E-state index in [2.05, 4.69) is 29.3 Å². The fourth-order valence-corrected chi connectivity index (χ4v) is 3.45. The van der Waals surface area contributed by atoms with Crippen molar-refractivity contribution in [1.29, 1.82) is 0 Å². The highest BCUT2D eigenvalue weighted by atomic mass is 16.5. The fourth-order valence-electron chi connectivity index (χ4n) is 3.45. The maximum Gasteiger partial charge on any atom is 0.243 e. The monoisotopic (exact) mass is 407 g/mol. The van der Waals surface area contributed by atoms with Crippen LogP contribution in [0.2, 0.25) is 0 Å². The van der Waals surface area contributed by atoms with Gasteiger partial charge in [0.2, 0.25) is 5.88 Å². The van der Waals surface area contributed by atoms with Gasteiger partial charge in [-0.1, -0.05) is 62.1 Å². The van der Waals surface area contributed by atoms with E-state index in [1.807, 2.05) is 48.5 Å². The van der Waals surface area contributed by atoms with Gasteiger partial charge >= 0.3 is 0 Å². The van der Waals surface area contributed by atoms with Gasteiger partial charge < -0.3 is 14.6 Å². The molecule has 0 bridgehead atoms. The van der Waals surface area contributed by atoms with Crippen molar-refractivity contribution >= 4 is 0 Å². The summed E-state index contributed by atoms with van der Waals surface area (Å²) in [5, 5.41) is 22.3. The van der Waals surface area contributed by atoms with Gasteiger partial charge in [0.15, 0.2) is 0 Å². The highest BCUT2D eigenvalue weighted by Crippen LogP contribution is 2.41. The van der Waals surface area contributed by atoms with Crippen LogP contribution in [0.4, 0.5) is 0 Å². The number of ether oxygens (including phenoxy) is 2. The molecular formula is C24H29N3O3. The lowest BCUT2D eigenvalue weighted by Gasteiger charge is -2.21. The van der Waals surface area contributed by atoms with Gasteiger partial charge in [0, 0.05) is 11.6 Å². The zero-order valence-corrected chi connectivity index (χ0v) is 17.8. The minimum Gasteiger partial charge on any atom is -0.497 e. The fraction of sp³-hybridized carbons (Fsp3) is 0.375. The van der Waals surface area contributed by atoms with Crippen molar-refractivity contribution in [2.75, 3.05) is 7.11 Å². The maximum absolute atomic E-state index is 10.5. The summed E-state index contributed by atoms with van der Waals surface area (Å²) in [7, 11) is 1.63. The first-order valence-corrected chi connectivity index (χ1v) is 10.5. The Morgan fingerprint density at radius 2 is 1.80 bits per heavy atom. The van der Waals surface area contributed by atoms with E-state index in [1.54, 1.807) is 7.11 Å². The van der Waals surface area contributed by atoms with Crippen LogP contribution in [0.3, 0.4) is 0 Å². The largest absolute Gasteiger partial charge is 0.497 e. The number of aromatic hydroxyl groups is 1. The van der Waals surface area contributed by atoms with Crippen LogP contribution < -0.4 is 9.47 Å². The molecule has 1 atom stereocenters. The van der Waals surface area contributed by atoms with Gasteiger partial charge in [0.25, 0.3) is 0 Å². The Morgan fingerprint density at radius 3 is 2.50 bits per heavy atom. The van der Waals surface area contributed by atoms with Crippen molar-refractivity contribution in [1.82, 2.24) is 15.4 Å². The number of benzene rings is 2. The van der Waals surface area contributed by atoms with Gasteiger partial charge in [-0.3, -0.25) is 0 Å². The molecule has 0 aliphatic heterocycles. The molecule has 0 spiro atoms. The topological polar surface area (TPSA) is 77.4 Å². The summed E-state index contributed by atoms with van der Waals surface area (Å²) in [6, 6.07) is 15.2. The first-order valence-electron chi connectivity index (χ1n) is 10.5. The van der Waals surface area contributed by atoms with Crippen LogP contribution in [0.25, 0.3) is 22.4 Å². The summed E-state index contributed by atoms with van der Waals surface area (Å²) in [4.78, 5) is 0. The van der Waals surface area contributed by atoms with E-state index in [1.165, 1.54) is 12.8 Å². The average Bonchev–Trinajstić information content (AvgIpc) is 2.78. The molecule has 6 nitrogen and oxygen atoms in total. The van der Waals surface area contributed by atoms with Crippen molar-refractivity contribution in [2.24, 2.45) is 0 Å². The third kappa shape index (κ3) is 5.06. The zero-order chi connectivity index (χ0) is 21.3. The summed E-state index contributed by atoms with van der Waals surface area (Å²) >= 11 is 0. The van der Waals surface area contributed by atoms with Gasteiger partial charge in [-0.15, -0.1) is 5.10 Å². The quantitative estimate of drug-likeness (QED) is 0.437. The van der Waals surface area contributed by atoms with E-state index in [-0.39, 0.29) is 12.0 Å². The second kappa shape index (κ2) is 10.6. The van der Waals surface area contributed by atoms with Crippen molar-refractivity contribution < 1.29 is 14.6 Å². The molecular weight excluding hydrogens is 378 g/mol. The first kappa shape index (κ1) is 21.6. The van der Waals surface area contributed by atoms with E-state index >= 15 is 0 Å². The Bertz CT molecular complexity index is 948. The van der Waals surface area contributed by atoms with Crippen LogP contribution in [0.15, 0.2) is 48.5 Å². The molecule has 1 unspecified atom stereocenters. The standard InChI is InChI=1S/C24H29N3O3/c1-4-6-8-13-18(5-2)30-21-16-19(29-3)14-15-20(21)23-22(24(28)26-27-25-23)17-11-9-7-10-12-17/h7,9-12,14-16,18H,4-6,8,13H2,1-3H3,(H,25,26,28). The van der Waals surface area contributed by atoms with E-state index in [4.69, 9.17) is 9.47 Å². The number of aromatic nitrogens is 3. The van der Waals surface area contributed by atoms with Crippen LogP contribution in [-0.2, 0) is 0 Å². The van der Waals surface area contributed by atoms with Crippen LogP contribution in [0, 0.1) is 0 Å². The molecule has 0 saturated heterocycles. The molecule has 158 valence electrons. The van der Waals surface area contributed by atoms with Gasteiger partial charge in [-0.25, -0.2) is 0 Å². The van der Waals surface area contributed by atoms with Crippen molar-refractivity contribution in [2.45, 2.75) is 52.1 Å². The second-order valence-electron chi connectivity index (χ2n) is 7.21. The summed E-state index contributed by atoms with van der Waals surface area (Å²) in [6.45, 7) is 4.32. The highest BCUT2D eigenvalue weighted by molar-refractivity contribution is 5.86. The summed E-state index contributed by atoms with van der Waals surface area (Å²) < 4.78 is 11.8. The lowest BCUT2D eigenvalue weighted by atomic mass is 9.99. The number of rotatable bonds is 10. The molecule has 1 aromatic heterocycles. The van der Waals surface area contributed by atoms with Crippen molar-refractivity contribution in [3.8, 4) is 39.8 Å². The normalized spacial score (nSPS) is 11.8. The minimum atomic E-state index is -0.164. The van der Waals surface area contributed by atoms with Gasteiger partial charge in [-0.05, 0) is 42.2 Å².